The molecule has 1 aromatic rings. The van der Waals surface area contributed by atoms with E-state index in [-0.39, 0.29) is 24.4 Å². The molecule has 1 heterocycles. The molecule has 20 heavy (non-hydrogen) atoms. The number of amides is 2. The molecule has 0 aliphatic carbocycles. The molecule has 1 aromatic carbocycles. The molecule has 2 rings (SSSR count). The Morgan fingerprint density at radius 3 is 3.05 bits per heavy atom. The maximum Gasteiger partial charge on any atom is 0.238 e. The number of rotatable bonds is 6. The third kappa shape index (κ3) is 4.24. The van der Waals surface area contributed by atoms with E-state index < -0.39 is 0 Å². The van der Waals surface area contributed by atoms with Crippen molar-refractivity contribution in [2.45, 2.75) is 18.9 Å². The van der Waals surface area contributed by atoms with Crippen LogP contribution < -0.4 is 20.7 Å². The zero-order valence-electron chi connectivity index (χ0n) is 11.4. The van der Waals surface area contributed by atoms with Crippen molar-refractivity contribution in [2.24, 2.45) is 0 Å². The maximum absolute atomic E-state index is 11.7. The zero-order valence-corrected chi connectivity index (χ0v) is 11.4. The van der Waals surface area contributed by atoms with Crippen molar-refractivity contribution in [3.05, 3.63) is 24.3 Å². The molecule has 108 valence electrons. The Hall–Kier alpha value is -2.08. The molecule has 1 unspecified atom stereocenters. The normalized spacial score (nSPS) is 17.6. The summed E-state index contributed by atoms with van der Waals surface area (Å²) in [6.07, 6.45) is 1.39. The number of methoxy groups -OCH3 is 1. The predicted molar refractivity (Wildman–Crippen MR) is 75.7 cm³/mol. The number of anilines is 1. The van der Waals surface area contributed by atoms with Crippen molar-refractivity contribution in [2.75, 3.05) is 25.5 Å². The summed E-state index contributed by atoms with van der Waals surface area (Å²) in [5.41, 5.74) is 0.699. The van der Waals surface area contributed by atoms with Crippen molar-refractivity contribution in [1.82, 2.24) is 10.6 Å². The lowest BCUT2D eigenvalue weighted by atomic mass is 10.2. The number of nitrogens with one attached hydrogen (secondary N) is 3. The van der Waals surface area contributed by atoms with Gasteiger partial charge >= 0.3 is 0 Å². The molecule has 6 heteroatoms. The second-order valence-electron chi connectivity index (χ2n) is 4.71. The molecule has 1 fully saturated rings. The lowest BCUT2D eigenvalue weighted by Crippen LogP contribution is -2.38. The summed E-state index contributed by atoms with van der Waals surface area (Å²) in [5.74, 6) is 0.657. The van der Waals surface area contributed by atoms with Gasteiger partial charge in [-0.05, 0) is 18.6 Å². The summed E-state index contributed by atoms with van der Waals surface area (Å²) in [6.45, 7) is 0.820. The monoisotopic (exact) mass is 277 g/mol. The van der Waals surface area contributed by atoms with Crippen LogP contribution in [-0.4, -0.2) is 38.1 Å². The minimum absolute atomic E-state index is 0.0811. The topological polar surface area (TPSA) is 79.5 Å². The third-order valence-corrected chi connectivity index (χ3v) is 3.11. The fourth-order valence-electron chi connectivity index (χ4n) is 2.10. The molecule has 6 nitrogen and oxygen atoms in total. The van der Waals surface area contributed by atoms with Crippen LogP contribution >= 0.6 is 0 Å². The van der Waals surface area contributed by atoms with Gasteiger partial charge in [-0.2, -0.15) is 0 Å². The second-order valence-corrected chi connectivity index (χ2v) is 4.71. The number of carbonyl (C=O) groups excluding carboxylic acids is 2. The Morgan fingerprint density at radius 2 is 2.35 bits per heavy atom. The average Bonchev–Trinajstić information content (AvgIpc) is 2.84. The quantitative estimate of drug-likeness (QED) is 0.707. The van der Waals surface area contributed by atoms with Gasteiger partial charge in [0.05, 0.1) is 13.7 Å². The second kappa shape index (κ2) is 6.91. The Labute approximate surface area is 117 Å². The van der Waals surface area contributed by atoms with Gasteiger partial charge in [-0.25, -0.2) is 0 Å². The highest BCUT2D eigenvalue weighted by molar-refractivity contribution is 5.92. The van der Waals surface area contributed by atoms with Gasteiger partial charge in [0, 0.05) is 30.8 Å². The fourth-order valence-corrected chi connectivity index (χ4v) is 2.10. The van der Waals surface area contributed by atoms with E-state index in [4.69, 9.17) is 4.74 Å². The predicted octanol–water partition coefficient (Wildman–Crippen LogP) is 0.502. The number of hydrogen-bond acceptors (Lipinski definition) is 4. The van der Waals surface area contributed by atoms with Gasteiger partial charge in [0.1, 0.15) is 5.75 Å². The molecule has 1 aliphatic rings. The first kappa shape index (κ1) is 14.3. The van der Waals surface area contributed by atoms with Crippen LogP contribution in [0.2, 0.25) is 0 Å². The minimum Gasteiger partial charge on any atom is -0.497 e. The summed E-state index contributed by atoms with van der Waals surface area (Å²) in [6, 6.07) is 7.33. The highest BCUT2D eigenvalue weighted by Crippen LogP contribution is 2.16. The maximum atomic E-state index is 11.7. The molecule has 0 bridgehead atoms. The highest BCUT2D eigenvalue weighted by Gasteiger charge is 2.20. The molecule has 1 saturated heterocycles. The van der Waals surface area contributed by atoms with Crippen LogP contribution in [0.3, 0.4) is 0 Å². The molecular weight excluding hydrogens is 258 g/mol. The van der Waals surface area contributed by atoms with Crippen LogP contribution in [0.15, 0.2) is 24.3 Å². The van der Waals surface area contributed by atoms with Gasteiger partial charge in [-0.1, -0.05) is 6.07 Å². The van der Waals surface area contributed by atoms with Gasteiger partial charge in [0.2, 0.25) is 11.8 Å². The van der Waals surface area contributed by atoms with E-state index in [2.05, 4.69) is 16.0 Å². The van der Waals surface area contributed by atoms with E-state index in [1.807, 2.05) is 12.1 Å². The van der Waals surface area contributed by atoms with Crippen LogP contribution in [0.25, 0.3) is 0 Å². The summed E-state index contributed by atoms with van der Waals surface area (Å²) in [7, 11) is 1.58. The Kier molecular flexibility index (Phi) is 4.95. The number of benzene rings is 1. The minimum atomic E-state index is -0.123. The number of ether oxygens (including phenoxy) is 1. The number of carbonyl (C=O) groups is 2. The van der Waals surface area contributed by atoms with E-state index >= 15 is 0 Å². The van der Waals surface area contributed by atoms with Gasteiger partial charge in [0.15, 0.2) is 0 Å². The third-order valence-electron chi connectivity index (χ3n) is 3.11. The van der Waals surface area contributed by atoms with Crippen molar-refractivity contribution in [3.8, 4) is 5.75 Å². The molecule has 0 aromatic heterocycles. The van der Waals surface area contributed by atoms with Crippen molar-refractivity contribution < 1.29 is 14.3 Å². The average molecular weight is 277 g/mol. The van der Waals surface area contributed by atoms with E-state index in [1.54, 1.807) is 19.2 Å². The Morgan fingerprint density at radius 1 is 1.50 bits per heavy atom. The SMILES string of the molecule is COc1cccc(NC(=O)CNCC2CCC(=O)N2)c1. The molecular formula is C14H19N3O3. The van der Waals surface area contributed by atoms with Crippen LogP contribution in [0.5, 0.6) is 5.75 Å². The first-order valence-corrected chi connectivity index (χ1v) is 6.61. The molecule has 0 spiro atoms. The standard InChI is InChI=1S/C14H19N3O3/c1-20-12-4-2-3-10(7-12)16-14(19)9-15-8-11-5-6-13(18)17-11/h2-4,7,11,15H,5-6,8-9H2,1H3,(H,16,19)(H,17,18). The highest BCUT2D eigenvalue weighted by atomic mass is 16.5. The van der Waals surface area contributed by atoms with E-state index in [0.29, 0.717) is 24.4 Å². The Bertz CT molecular complexity index is 490. The van der Waals surface area contributed by atoms with Crippen molar-refractivity contribution in [1.29, 1.82) is 0 Å². The molecule has 0 saturated carbocycles. The molecule has 0 radical (unpaired) electrons. The largest absolute Gasteiger partial charge is 0.497 e. The summed E-state index contributed by atoms with van der Waals surface area (Å²) in [5, 5.41) is 8.66. The van der Waals surface area contributed by atoms with Crippen LogP contribution in [0.1, 0.15) is 12.8 Å². The lowest BCUT2D eigenvalue weighted by Gasteiger charge is -2.11. The van der Waals surface area contributed by atoms with Gasteiger partial charge in [-0.15, -0.1) is 0 Å². The lowest BCUT2D eigenvalue weighted by molar-refractivity contribution is -0.119. The van der Waals surface area contributed by atoms with Crippen LogP contribution in [0.4, 0.5) is 5.69 Å². The summed E-state index contributed by atoms with van der Waals surface area (Å²) >= 11 is 0. The number of hydrogen-bond donors (Lipinski definition) is 3. The molecule has 3 N–H and O–H groups in total. The molecule has 1 atom stereocenters. The smallest absolute Gasteiger partial charge is 0.238 e. The van der Waals surface area contributed by atoms with Crippen molar-refractivity contribution in [3.63, 3.8) is 0 Å². The van der Waals surface area contributed by atoms with Gasteiger partial charge in [-0.3, -0.25) is 9.59 Å². The van der Waals surface area contributed by atoms with E-state index in [0.717, 1.165) is 6.42 Å². The fraction of sp³-hybridized carbons (Fsp3) is 0.429. The van der Waals surface area contributed by atoms with Gasteiger partial charge < -0.3 is 20.7 Å². The van der Waals surface area contributed by atoms with Crippen molar-refractivity contribution >= 4 is 17.5 Å². The summed E-state index contributed by atoms with van der Waals surface area (Å²) in [4.78, 5) is 22.8. The Balaban J connectivity index is 1.70. The van der Waals surface area contributed by atoms with Gasteiger partial charge in [0.25, 0.3) is 0 Å². The molecule has 1 aliphatic heterocycles. The summed E-state index contributed by atoms with van der Waals surface area (Å²) < 4.78 is 5.09. The van der Waals surface area contributed by atoms with E-state index in [9.17, 15) is 9.59 Å². The zero-order chi connectivity index (χ0) is 14.4. The molecule has 2 amide bonds. The van der Waals surface area contributed by atoms with Crippen LogP contribution in [-0.2, 0) is 9.59 Å². The first-order chi connectivity index (χ1) is 9.67. The first-order valence-electron chi connectivity index (χ1n) is 6.61. The van der Waals surface area contributed by atoms with E-state index in [1.165, 1.54) is 0 Å². The van der Waals surface area contributed by atoms with Crippen LogP contribution in [0, 0.1) is 0 Å².